The fourth-order valence-corrected chi connectivity index (χ4v) is 4.51. The lowest BCUT2D eigenvalue weighted by atomic mass is 10.1. The van der Waals surface area contributed by atoms with Crippen molar-refractivity contribution < 1.29 is 14.3 Å². The molecule has 8 heteroatoms. The van der Waals surface area contributed by atoms with E-state index in [2.05, 4.69) is 11.6 Å². The molecule has 1 aliphatic carbocycles. The van der Waals surface area contributed by atoms with Crippen LogP contribution >= 0.6 is 0 Å². The molecule has 160 valence electrons. The van der Waals surface area contributed by atoms with Crippen LogP contribution in [0.25, 0.3) is 10.9 Å². The van der Waals surface area contributed by atoms with Crippen LogP contribution in [-0.2, 0) is 11.3 Å². The van der Waals surface area contributed by atoms with Gasteiger partial charge >= 0.3 is 6.09 Å². The molecule has 4 rings (SSSR count). The minimum absolute atomic E-state index is 0.0879. The Hall–Kier alpha value is -3.03. The van der Waals surface area contributed by atoms with E-state index in [9.17, 15) is 14.4 Å². The van der Waals surface area contributed by atoms with Gasteiger partial charge in [0.1, 0.15) is 11.1 Å². The molecule has 0 aromatic carbocycles. The van der Waals surface area contributed by atoms with Crippen molar-refractivity contribution in [1.82, 2.24) is 19.4 Å². The van der Waals surface area contributed by atoms with Crippen molar-refractivity contribution in [3.8, 4) is 0 Å². The average molecular weight is 412 g/mol. The Morgan fingerprint density at radius 2 is 2.00 bits per heavy atom. The maximum atomic E-state index is 13.3. The fourth-order valence-electron chi connectivity index (χ4n) is 4.51. The molecule has 0 bridgehead atoms. The highest BCUT2D eigenvalue weighted by Gasteiger charge is 2.60. The molecule has 3 atom stereocenters. The first-order chi connectivity index (χ1) is 14.1. The number of ether oxygens (including phenoxy) is 1. The molecular formula is C22H28N4O4. The zero-order valence-electron chi connectivity index (χ0n) is 17.8. The molecule has 8 nitrogen and oxygen atoms in total. The molecule has 1 saturated carbocycles. The minimum Gasteiger partial charge on any atom is -0.444 e. The average Bonchev–Trinajstić information content (AvgIpc) is 3.04. The van der Waals surface area contributed by atoms with E-state index in [1.165, 1.54) is 4.57 Å². The van der Waals surface area contributed by atoms with Crippen molar-refractivity contribution in [3.05, 3.63) is 47.0 Å². The van der Waals surface area contributed by atoms with Crippen molar-refractivity contribution in [2.24, 2.45) is 11.8 Å². The number of nitrogens with zero attached hydrogens (tertiary/aromatic N) is 3. The Balaban J connectivity index is 1.50. The molecule has 0 unspecified atom stereocenters. The quantitative estimate of drug-likeness (QED) is 0.782. The molecule has 2 aliphatic rings. The van der Waals surface area contributed by atoms with E-state index >= 15 is 0 Å². The van der Waals surface area contributed by atoms with E-state index in [-0.39, 0.29) is 35.4 Å². The topological polar surface area (TPSA) is 87.6 Å². The summed E-state index contributed by atoms with van der Waals surface area (Å²) in [5.41, 5.74) is 0.213. The second-order valence-electron chi connectivity index (χ2n) is 9.17. The maximum Gasteiger partial charge on any atom is 0.410 e. The summed E-state index contributed by atoms with van der Waals surface area (Å²) in [6, 6.07) is 1.85. The molecule has 0 radical (unpaired) electrons. The lowest BCUT2D eigenvalue weighted by Crippen LogP contribution is -2.41. The maximum absolute atomic E-state index is 13.3. The molecule has 2 aromatic heterocycles. The van der Waals surface area contributed by atoms with Gasteiger partial charge in [-0.3, -0.25) is 9.59 Å². The van der Waals surface area contributed by atoms with E-state index in [0.29, 0.717) is 36.1 Å². The van der Waals surface area contributed by atoms with Gasteiger partial charge in [-0.25, -0.2) is 4.79 Å². The van der Waals surface area contributed by atoms with Crippen LogP contribution in [-0.4, -0.2) is 63.1 Å². The van der Waals surface area contributed by atoms with Crippen LogP contribution in [0.5, 0.6) is 0 Å². The normalized spacial score (nSPS) is 22.7. The molecule has 1 saturated heterocycles. The molecule has 0 spiro atoms. The minimum atomic E-state index is -0.521. The van der Waals surface area contributed by atoms with Gasteiger partial charge in [-0.2, -0.15) is 0 Å². The number of rotatable bonds is 4. The standard InChI is InChI=1S/C22H28N4O4/c1-6-9-25-12-16(13-7-8-23-17(13)20(25)28)19(27)24(5)18-14-10-26(11-15(14)18)21(29)30-22(2,3)4/h6-8,12,14-15,18,23H,1,9-11H2,2-5H3/t14-,15+,18+. The Morgan fingerprint density at radius 1 is 1.33 bits per heavy atom. The molecule has 3 heterocycles. The number of hydrogen-bond acceptors (Lipinski definition) is 4. The van der Waals surface area contributed by atoms with Gasteiger partial charge in [0, 0.05) is 62.3 Å². The number of pyridine rings is 1. The number of fused-ring (bicyclic) bond motifs is 2. The summed E-state index contributed by atoms with van der Waals surface area (Å²) in [6.45, 7) is 10.8. The van der Waals surface area contributed by atoms with Crippen molar-refractivity contribution in [3.63, 3.8) is 0 Å². The van der Waals surface area contributed by atoms with E-state index in [1.54, 1.807) is 41.4 Å². The number of carbonyl (C=O) groups is 2. The van der Waals surface area contributed by atoms with Crippen LogP contribution in [0, 0.1) is 11.8 Å². The van der Waals surface area contributed by atoms with Gasteiger partial charge in [0.05, 0.1) is 5.56 Å². The largest absolute Gasteiger partial charge is 0.444 e. The Kier molecular flexibility index (Phi) is 4.75. The number of nitrogens with one attached hydrogen (secondary N) is 1. The Morgan fingerprint density at radius 3 is 2.60 bits per heavy atom. The fraction of sp³-hybridized carbons (Fsp3) is 0.500. The SMILES string of the molecule is C=CCn1cc(C(=O)N(C)[C@H]2[C@@H]3CN(C(=O)OC(C)(C)C)C[C@@H]32)c2cc[nH]c2c1=O. The van der Waals surface area contributed by atoms with Gasteiger partial charge in [-0.15, -0.1) is 6.58 Å². The summed E-state index contributed by atoms with van der Waals surface area (Å²) in [6.07, 6.45) is 4.62. The molecular weight excluding hydrogens is 384 g/mol. The third-order valence-electron chi connectivity index (χ3n) is 5.92. The molecule has 2 amide bonds. The van der Waals surface area contributed by atoms with Crippen molar-refractivity contribution in [2.75, 3.05) is 20.1 Å². The van der Waals surface area contributed by atoms with Gasteiger partial charge in [0.25, 0.3) is 11.5 Å². The van der Waals surface area contributed by atoms with Crippen LogP contribution in [0.15, 0.2) is 35.9 Å². The summed E-state index contributed by atoms with van der Waals surface area (Å²) >= 11 is 0. The van der Waals surface area contributed by atoms with E-state index in [4.69, 9.17) is 4.74 Å². The summed E-state index contributed by atoms with van der Waals surface area (Å²) < 4.78 is 6.94. The van der Waals surface area contributed by atoms with Gasteiger partial charge in [0.2, 0.25) is 0 Å². The second kappa shape index (κ2) is 7.04. The monoisotopic (exact) mass is 412 g/mol. The highest BCUT2D eigenvalue weighted by atomic mass is 16.6. The van der Waals surface area contributed by atoms with Crippen molar-refractivity contribution in [1.29, 1.82) is 0 Å². The number of likely N-dealkylation sites (tertiary alicyclic amines) is 1. The van der Waals surface area contributed by atoms with E-state index < -0.39 is 5.60 Å². The Labute approximate surface area is 175 Å². The highest BCUT2D eigenvalue weighted by molar-refractivity contribution is 6.06. The number of aromatic nitrogens is 2. The number of carbonyl (C=O) groups excluding carboxylic acids is 2. The first-order valence-electron chi connectivity index (χ1n) is 10.2. The predicted octanol–water partition coefficient (Wildman–Crippen LogP) is 2.45. The van der Waals surface area contributed by atoms with Gasteiger partial charge in [-0.1, -0.05) is 6.08 Å². The second-order valence-corrected chi connectivity index (χ2v) is 9.17. The van der Waals surface area contributed by atoms with E-state index in [0.717, 1.165) is 0 Å². The molecule has 1 aliphatic heterocycles. The van der Waals surface area contributed by atoms with Crippen LogP contribution in [0.1, 0.15) is 31.1 Å². The lowest BCUT2D eigenvalue weighted by molar-refractivity contribution is 0.0260. The molecule has 30 heavy (non-hydrogen) atoms. The molecule has 2 fully saturated rings. The number of hydrogen-bond donors (Lipinski definition) is 1. The zero-order chi connectivity index (χ0) is 21.8. The van der Waals surface area contributed by atoms with Gasteiger partial charge in [0.15, 0.2) is 0 Å². The van der Waals surface area contributed by atoms with Crippen LogP contribution in [0.3, 0.4) is 0 Å². The number of allylic oxidation sites excluding steroid dienone is 1. The smallest absolute Gasteiger partial charge is 0.410 e. The zero-order valence-corrected chi connectivity index (χ0v) is 17.8. The molecule has 2 aromatic rings. The first kappa shape index (κ1) is 20.3. The van der Waals surface area contributed by atoms with Crippen LogP contribution in [0.2, 0.25) is 0 Å². The highest BCUT2D eigenvalue weighted by Crippen LogP contribution is 2.49. The number of H-pyrrole nitrogens is 1. The molecule has 1 N–H and O–H groups in total. The van der Waals surface area contributed by atoms with Gasteiger partial charge in [-0.05, 0) is 26.8 Å². The Bertz CT molecular complexity index is 1060. The first-order valence-corrected chi connectivity index (χ1v) is 10.2. The number of aromatic amines is 1. The summed E-state index contributed by atoms with van der Waals surface area (Å²) in [5.74, 6) is 0.389. The summed E-state index contributed by atoms with van der Waals surface area (Å²) in [5, 5.41) is 0.623. The number of piperidine rings is 1. The predicted molar refractivity (Wildman–Crippen MR) is 113 cm³/mol. The van der Waals surface area contributed by atoms with Crippen molar-refractivity contribution >= 4 is 22.9 Å². The summed E-state index contributed by atoms with van der Waals surface area (Å²) in [4.78, 5) is 44.6. The van der Waals surface area contributed by atoms with Crippen molar-refractivity contribution in [2.45, 2.75) is 39.0 Å². The number of amides is 2. The third kappa shape index (κ3) is 3.40. The van der Waals surface area contributed by atoms with Crippen LogP contribution in [0.4, 0.5) is 4.79 Å². The van der Waals surface area contributed by atoms with E-state index in [1.807, 2.05) is 20.8 Å². The third-order valence-corrected chi connectivity index (χ3v) is 5.92. The van der Waals surface area contributed by atoms with Crippen LogP contribution < -0.4 is 5.56 Å². The van der Waals surface area contributed by atoms with Gasteiger partial charge < -0.3 is 24.1 Å². The summed E-state index contributed by atoms with van der Waals surface area (Å²) in [7, 11) is 1.80. The lowest BCUT2D eigenvalue weighted by Gasteiger charge is -2.27.